The zero-order valence-corrected chi connectivity index (χ0v) is 14.7. The zero-order valence-electron chi connectivity index (χ0n) is 14.7. The Bertz CT molecular complexity index is 938. The van der Waals surface area contributed by atoms with Gasteiger partial charge in [-0.1, -0.05) is 18.2 Å². The minimum atomic E-state index is -0.592. The number of hydrogen-bond acceptors (Lipinski definition) is 5. The summed E-state index contributed by atoms with van der Waals surface area (Å²) in [5.74, 6) is -0.791. The molecule has 2 aromatic carbocycles. The molecule has 8 heteroatoms. The standard InChI is InChI=1S/C19H17N3O5/c1-12(2)27-17-9-8-15(22(25)26)10-13(17)11-16-18(23)20-21(19(16)24)14-6-4-3-5-7-14/h3-12H,1-2H3,(H,20,23). The Kier molecular flexibility index (Phi) is 4.89. The molecule has 1 fully saturated rings. The Hall–Kier alpha value is -3.68. The number of nitrogens with one attached hydrogen (secondary N) is 1. The van der Waals surface area contributed by atoms with Gasteiger partial charge in [0.05, 0.1) is 16.7 Å². The molecule has 2 aromatic rings. The number of anilines is 1. The number of carbonyl (C=O) groups is 2. The van der Waals surface area contributed by atoms with E-state index in [1.807, 2.05) is 13.8 Å². The Morgan fingerprint density at radius 1 is 1.15 bits per heavy atom. The van der Waals surface area contributed by atoms with Gasteiger partial charge in [-0.25, -0.2) is 5.01 Å². The predicted molar refractivity (Wildman–Crippen MR) is 98.9 cm³/mol. The van der Waals surface area contributed by atoms with Crippen molar-refractivity contribution in [1.82, 2.24) is 5.43 Å². The van der Waals surface area contributed by atoms with E-state index in [1.54, 1.807) is 30.3 Å². The second-order valence-corrected chi connectivity index (χ2v) is 6.12. The SMILES string of the molecule is CC(C)Oc1ccc([N+](=O)[O-])cc1C=C1C(=O)NN(c2ccccc2)C1=O. The molecule has 1 aliphatic rings. The monoisotopic (exact) mass is 367 g/mol. The number of amides is 2. The topological polar surface area (TPSA) is 102 Å². The number of nitro benzene ring substituents is 1. The molecular weight excluding hydrogens is 350 g/mol. The summed E-state index contributed by atoms with van der Waals surface area (Å²) in [7, 11) is 0. The average molecular weight is 367 g/mol. The van der Waals surface area contributed by atoms with Crippen molar-refractivity contribution in [2.75, 3.05) is 5.01 Å². The first kappa shape index (κ1) is 18.1. The molecule has 8 nitrogen and oxygen atoms in total. The molecule has 0 radical (unpaired) electrons. The van der Waals surface area contributed by atoms with Crippen LogP contribution in [0.1, 0.15) is 19.4 Å². The number of rotatable bonds is 5. The van der Waals surface area contributed by atoms with Crippen LogP contribution >= 0.6 is 0 Å². The van der Waals surface area contributed by atoms with Gasteiger partial charge in [-0.05, 0) is 38.1 Å². The van der Waals surface area contributed by atoms with Gasteiger partial charge < -0.3 is 4.74 Å². The summed E-state index contributed by atoms with van der Waals surface area (Å²) in [6.45, 7) is 3.62. The van der Waals surface area contributed by atoms with Crippen molar-refractivity contribution in [3.63, 3.8) is 0 Å². The molecule has 0 bridgehead atoms. The van der Waals surface area contributed by atoms with Gasteiger partial charge in [0.15, 0.2) is 0 Å². The van der Waals surface area contributed by atoms with Gasteiger partial charge in [0.25, 0.3) is 17.5 Å². The minimum absolute atomic E-state index is 0.132. The fourth-order valence-electron chi connectivity index (χ4n) is 2.60. The summed E-state index contributed by atoms with van der Waals surface area (Å²) in [6.07, 6.45) is 1.13. The Morgan fingerprint density at radius 3 is 2.48 bits per heavy atom. The van der Waals surface area contributed by atoms with Crippen LogP contribution in [0.15, 0.2) is 54.1 Å². The van der Waals surface area contributed by atoms with Crippen molar-refractivity contribution in [1.29, 1.82) is 0 Å². The average Bonchev–Trinajstić information content (AvgIpc) is 2.91. The number of nitro groups is 1. The van der Waals surface area contributed by atoms with Gasteiger partial charge in [0.1, 0.15) is 11.3 Å². The van der Waals surface area contributed by atoms with Crippen molar-refractivity contribution < 1.29 is 19.2 Å². The van der Waals surface area contributed by atoms with Crippen molar-refractivity contribution in [2.45, 2.75) is 20.0 Å². The van der Waals surface area contributed by atoms with Crippen molar-refractivity contribution in [2.24, 2.45) is 0 Å². The van der Waals surface area contributed by atoms with Crippen LogP contribution in [-0.4, -0.2) is 22.8 Å². The smallest absolute Gasteiger partial charge is 0.282 e. The van der Waals surface area contributed by atoms with Gasteiger partial charge in [-0.3, -0.25) is 25.1 Å². The van der Waals surface area contributed by atoms with Gasteiger partial charge in [0, 0.05) is 17.7 Å². The Balaban J connectivity index is 2.02. The van der Waals surface area contributed by atoms with Crippen LogP contribution in [0, 0.1) is 10.1 Å². The molecule has 1 aliphatic heterocycles. The second-order valence-electron chi connectivity index (χ2n) is 6.12. The number of hydrazine groups is 1. The Morgan fingerprint density at radius 2 is 1.85 bits per heavy atom. The van der Waals surface area contributed by atoms with Crippen LogP contribution in [0.2, 0.25) is 0 Å². The van der Waals surface area contributed by atoms with Crippen molar-refractivity contribution in [3.8, 4) is 5.75 Å². The lowest BCUT2D eigenvalue weighted by Gasteiger charge is -2.14. The normalized spacial score (nSPS) is 15.4. The first-order valence-electron chi connectivity index (χ1n) is 8.24. The molecule has 27 heavy (non-hydrogen) atoms. The van der Waals surface area contributed by atoms with E-state index in [0.717, 1.165) is 5.01 Å². The lowest BCUT2D eigenvalue weighted by atomic mass is 10.1. The second kappa shape index (κ2) is 7.28. The van der Waals surface area contributed by atoms with E-state index in [2.05, 4.69) is 5.43 Å². The molecule has 0 atom stereocenters. The van der Waals surface area contributed by atoms with E-state index < -0.39 is 16.7 Å². The molecule has 1 N–H and O–H groups in total. The third-order valence-corrected chi connectivity index (χ3v) is 3.77. The number of carbonyl (C=O) groups excluding carboxylic acids is 2. The summed E-state index contributed by atoms with van der Waals surface area (Å²) >= 11 is 0. The maximum atomic E-state index is 12.7. The molecule has 138 valence electrons. The molecule has 0 aliphatic carbocycles. The summed E-state index contributed by atoms with van der Waals surface area (Å²) in [5, 5.41) is 12.2. The third-order valence-electron chi connectivity index (χ3n) is 3.77. The fourth-order valence-corrected chi connectivity index (χ4v) is 2.60. The molecule has 1 heterocycles. The number of benzene rings is 2. The molecule has 0 saturated carbocycles. The number of hydrogen-bond donors (Lipinski definition) is 1. The van der Waals surface area contributed by atoms with Crippen LogP contribution in [-0.2, 0) is 9.59 Å². The number of para-hydroxylation sites is 1. The summed E-state index contributed by atoms with van der Waals surface area (Å²) in [6, 6.07) is 12.7. The molecule has 2 amide bonds. The zero-order chi connectivity index (χ0) is 19.6. The van der Waals surface area contributed by atoms with Gasteiger partial charge in [-0.15, -0.1) is 0 Å². The molecule has 0 spiro atoms. The third kappa shape index (κ3) is 3.79. The van der Waals surface area contributed by atoms with E-state index in [1.165, 1.54) is 24.3 Å². The molecule has 0 unspecified atom stereocenters. The number of ether oxygens (including phenoxy) is 1. The van der Waals surface area contributed by atoms with Crippen LogP contribution in [0.5, 0.6) is 5.75 Å². The molecule has 3 rings (SSSR count). The summed E-state index contributed by atoms with van der Waals surface area (Å²) < 4.78 is 5.65. The van der Waals surface area contributed by atoms with E-state index in [9.17, 15) is 19.7 Å². The quantitative estimate of drug-likeness (QED) is 0.379. The molecule has 0 aromatic heterocycles. The first-order valence-corrected chi connectivity index (χ1v) is 8.24. The lowest BCUT2D eigenvalue weighted by Crippen LogP contribution is -2.35. The van der Waals surface area contributed by atoms with Gasteiger partial charge >= 0.3 is 0 Å². The first-order chi connectivity index (χ1) is 12.9. The maximum Gasteiger partial charge on any atom is 0.282 e. The fraction of sp³-hybridized carbons (Fsp3) is 0.158. The van der Waals surface area contributed by atoms with E-state index in [0.29, 0.717) is 11.4 Å². The van der Waals surface area contributed by atoms with E-state index in [-0.39, 0.29) is 22.9 Å². The summed E-state index contributed by atoms with van der Waals surface area (Å²) in [5.41, 5.74) is 2.99. The highest BCUT2D eigenvalue weighted by Gasteiger charge is 2.34. The van der Waals surface area contributed by atoms with E-state index >= 15 is 0 Å². The van der Waals surface area contributed by atoms with Gasteiger partial charge in [0.2, 0.25) is 0 Å². The van der Waals surface area contributed by atoms with E-state index in [4.69, 9.17) is 4.74 Å². The Labute approximate surface area is 155 Å². The van der Waals surface area contributed by atoms with Gasteiger partial charge in [-0.2, -0.15) is 0 Å². The molecular formula is C19H17N3O5. The predicted octanol–water partition coefficient (Wildman–Crippen LogP) is 2.84. The minimum Gasteiger partial charge on any atom is -0.490 e. The number of non-ortho nitro benzene ring substituents is 1. The highest BCUT2D eigenvalue weighted by atomic mass is 16.6. The highest BCUT2D eigenvalue weighted by molar-refractivity contribution is 6.31. The summed E-state index contributed by atoms with van der Waals surface area (Å²) in [4.78, 5) is 35.5. The van der Waals surface area contributed by atoms with Crippen LogP contribution < -0.4 is 15.2 Å². The van der Waals surface area contributed by atoms with Crippen LogP contribution in [0.3, 0.4) is 0 Å². The van der Waals surface area contributed by atoms with Crippen LogP contribution in [0.25, 0.3) is 6.08 Å². The number of nitrogens with zero attached hydrogens (tertiary/aromatic N) is 2. The van der Waals surface area contributed by atoms with Crippen molar-refractivity contribution >= 4 is 29.3 Å². The molecule has 1 saturated heterocycles. The largest absolute Gasteiger partial charge is 0.490 e. The lowest BCUT2D eigenvalue weighted by molar-refractivity contribution is -0.384. The van der Waals surface area contributed by atoms with Crippen molar-refractivity contribution in [3.05, 3.63) is 69.8 Å². The van der Waals surface area contributed by atoms with Crippen LogP contribution in [0.4, 0.5) is 11.4 Å². The maximum absolute atomic E-state index is 12.7. The highest BCUT2D eigenvalue weighted by Crippen LogP contribution is 2.29.